The van der Waals surface area contributed by atoms with Gasteiger partial charge < -0.3 is 15.4 Å². The fourth-order valence-corrected chi connectivity index (χ4v) is 2.23. The summed E-state index contributed by atoms with van der Waals surface area (Å²) in [7, 11) is 1.65. The SMILES string of the molecule is CCCNc1cccc(Nc2cc(Br)cc(OC)c2)n1. The third kappa shape index (κ3) is 4.13. The largest absolute Gasteiger partial charge is 0.497 e. The first-order chi connectivity index (χ1) is 9.71. The van der Waals surface area contributed by atoms with Gasteiger partial charge in [0.05, 0.1) is 7.11 Å². The minimum Gasteiger partial charge on any atom is -0.497 e. The zero-order chi connectivity index (χ0) is 14.4. The topological polar surface area (TPSA) is 46.2 Å². The molecule has 1 heterocycles. The lowest BCUT2D eigenvalue weighted by molar-refractivity contribution is 0.415. The maximum atomic E-state index is 5.25. The molecule has 0 unspecified atom stereocenters. The molecule has 0 spiro atoms. The minimum atomic E-state index is 0.794. The Morgan fingerprint density at radius 2 is 2.00 bits per heavy atom. The van der Waals surface area contributed by atoms with Crippen LogP contribution in [0, 0.1) is 0 Å². The molecule has 0 saturated carbocycles. The van der Waals surface area contributed by atoms with Gasteiger partial charge in [0.15, 0.2) is 0 Å². The number of aromatic nitrogens is 1. The van der Waals surface area contributed by atoms with Crippen LogP contribution in [0.4, 0.5) is 17.3 Å². The summed E-state index contributed by atoms with van der Waals surface area (Å²) in [6, 6.07) is 11.7. The van der Waals surface area contributed by atoms with Gasteiger partial charge in [-0.05, 0) is 30.7 Å². The van der Waals surface area contributed by atoms with E-state index in [0.29, 0.717) is 0 Å². The summed E-state index contributed by atoms with van der Waals surface area (Å²) in [6.45, 7) is 3.05. The van der Waals surface area contributed by atoms with Gasteiger partial charge >= 0.3 is 0 Å². The maximum Gasteiger partial charge on any atom is 0.132 e. The molecule has 0 aliphatic rings. The van der Waals surface area contributed by atoms with Crippen molar-refractivity contribution in [3.05, 3.63) is 40.9 Å². The molecule has 2 aromatic rings. The Morgan fingerprint density at radius 1 is 1.20 bits per heavy atom. The molecule has 106 valence electrons. The molecule has 5 heteroatoms. The first kappa shape index (κ1) is 14.7. The number of rotatable bonds is 6. The maximum absolute atomic E-state index is 5.25. The predicted octanol–water partition coefficient (Wildman–Crippen LogP) is 4.42. The molecule has 0 atom stereocenters. The van der Waals surface area contributed by atoms with Gasteiger partial charge in [0, 0.05) is 22.8 Å². The highest BCUT2D eigenvalue weighted by Crippen LogP contribution is 2.26. The van der Waals surface area contributed by atoms with Crippen LogP contribution in [0.3, 0.4) is 0 Å². The molecule has 20 heavy (non-hydrogen) atoms. The Hall–Kier alpha value is -1.75. The normalized spacial score (nSPS) is 10.2. The molecule has 4 nitrogen and oxygen atoms in total. The molecule has 0 aliphatic carbocycles. The van der Waals surface area contributed by atoms with Crippen molar-refractivity contribution in [3.8, 4) is 5.75 Å². The molecule has 0 bridgehead atoms. The fourth-order valence-electron chi connectivity index (χ4n) is 1.76. The summed E-state index contributed by atoms with van der Waals surface area (Å²) < 4.78 is 6.21. The van der Waals surface area contributed by atoms with Crippen LogP contribution in [0.5, 0.6) is 5.75 Å². The Kier molecular flexibility index (Phi) is 5.24. The lowest BCUT2D eigenvalue weighted by atomic mass is 10.3. The molecule has 0 radical (unpaired) electrons. The van der Waals surface area contributed by atoms with Crippen molar-refractivity contribution in [2.45, 2.75) is 13.3 Å². The van der Waals surface area contributed by atoms with Crippen LogP contribution in [0.15, 0.2) is 40.9 Å². The van der Waals surface area contributed by atoms with E-state index >= 15 is 0 Å². The Bertz CT molecular complexity index is 575. The van der Waals surface area contributed by atoms with Gasteiger partial charge in [-0.25, -0.2) is 4.98 Å². The second-order valence-electron chi connectivity index (χ2n) is 4.34. The zero-order valence-corrected chi connectivity index (χ0v) is 13.2. The van der Waals surface area contributed by atoms with E-state index in [9.17, 15) is 0 Å². The van der Waals surface area contributed by atoms with E-state index in [1.54, 1.807) is 7.11 Å². The van der Waals surface area contributed by atoms with Crippen molar-refractivity contribution in [2.75, 3.05) is 24.3 Å². The number of hydrogen-bond acceptors (Lipinski definition) is 4. The predicted molar refractivity (Wildman–Crippen MR) is 87.0 cm³/mol. The average Bonchev–Trinajstić information content (AvgIpc) is 2.45. The van der Waals surface area contributed by atoms with Crippen LogP contribution in [0.25, 0.3) is 0 Å². The number of hydrogen-bond donors (Lipinski definition) is 2. The van der Waals surface area contributed by atoms with E-state index in [4.69, 9.17) is 4.74 Å². The van der Waals surface area contributed by atoms with E-state index < -0.39 is 0 Å². The van der Waals surface area contributed by atoms with Crippen LogP contribution < -0.4 is 15.4 Å². The van der Waals surface area contributed by atoms with Crippen molar-refractivity contribution >= 4 is 33.3 Å². The van der Waals surface area contributed by atoms with Crippen molar-refractivity contribution in [1.82, 2.24) is 4.98 Å². The monoisotopic (exact) mass is 335 g/mol. The summed E-state index contributed by atoms with van der Waals surface area (Å²) in [5.41, 5.74) is 0.927. The second kappa shape index (κ2) is 7.14. The van der Waals surface area contributed by atoms with Gasteiger partial charge in [-0.2, -0.15) is 0 Å². The summed E-state index contributed by atoms with van der Waals surface area (Å²) in [5.74, 6) is 2.47. The van der Waals surface area contributed by atoms with Gasteiger partial charge in [-0.1, -0.05) is 28.9 Å². The van der Waals surface area contributed by atoms with E-state index in [2.05, 4.69) is 38.5 Å². The highest BCUT2D eigenvalue weighted by Gasteiger charge is 2.02. The minimum absolute atomic E-state index is 0.794. The number of ether oxygens (including phenoxy) is 1. The number of methoxy groups -OCH3 is 1. The average molecular weight is 336 g/mol. The van der Waals surface area contributed by atoms with Gasteiger partial charge in [0.25, 0.3) is 0 Å². The Morgan fingerprint density at radius 3 is 2.75 bits per heavy atom. The summed E-state index contributed by atoms with van der Waals surface area (Å²) in [4.78, 5) is 4.51. The number of pyridine rings is 1. The van der Waals surface area contributed by atoms with E-state index in [0.717, 1.165) is 40.5 Å². The number of halogens is 1. The Balaban J connectivity index is 2.15. The van der Waals surface area contributed by atoms with E-state index in [1.165, 1.54) is 0 Å². The van der Waals surface area contributed by atoms with Gasteiger partial charge in [0.2, 0.25) is 0 Å². The van der Waals surface area contributed by atoms with Gasteiger partial charge in [0.1, 0.15) is 17.4 Å². The molecular weight excluding hydrogens is 318 g/mol. The molecule has 0 saturated heterocycles. The van der Waals surface area contributed by atoms with Crippen molar-refractivity contribution in [1.29, 1.82) is 0 Å². The molecule has 1 aromatic heterocycles. The smallest absolute Gasteiger partial charge is 0.132 e. The number of nitrogens with one attached hydrogen (secondary N) is 2. The molecule has 2 N–H and O–H groups in total. The van der Waals surface area contributed by atoms with Crippen LogP contribution in [-0.4, -0.2) is 18.6 Å². The zero-order valence-electron chi connectivity index (χ0n) is 11.6. The quantitative estimate of drug-likeness (QED) is 0.820. The van der Waals surface area contributed by atoms with Crippen LogP contribution in [-0.2, 0) is 0 Å². The first-order valence-corrected chi connectivity index (χ1v) is 7.33. The van der Waals surface area contributed by atoms with Crippen LogP contribution >= 0.6 is 15.9 Å². The standard InChI is InChI=1S/C15H18BrN3O/c1-3-7-17-14-5-4-6-15(19-14)18-12-8-11(16)9-13(10-12)20-2/h4-6,8-10H,3,7H2,1-2H3,(H2,17,18,19). The second-order valence-corrected chi connectivity index (χ2v) is 5.26. The van der Waals surface area contributed by atoms with Crippen molar-refractivity contribution in [3.63, 3.8) is 0 Å². The van der Waals surface area contributed by atoms with Gasteiger partial charge in [-0.15, -0.1) is 0 Å². The number of nitrogens with zero attached hydrogens (tertiary/aromatic N) is 1. The fraction of sp³-hybridized carbons (Fsp3) is 0.267. The van der Waals surface area contributed by atoms with Gasteiger partial charge in [-0.3, -0.25) is 0 Å². The highest BCUT2D eigenvalue weighted by atomic mass is 79.9. The third-order valence-corrected chi connectivity index (χ3v) is 3.14. The molecule has 0 fully saturated rings. The van der Waals surface area contributed by atoms with Crippen LogP contribution in [0.2, 0.25) is 0 Å². The summed E-state index contributed by atoms with van der Waals surface area (Å²) in [6.07, 6.45) is 1.07. The van der Waals surface area contributed by atoms with E-state index in [1.807, 2.05) is 36.4 Å². The van der Waals surface area contributed by atoms with Crippen molar-refractivity contribution < 1.29 is 4.74 Å². The molecule has 2 rings (SSSR count). The molecule has 0 amide bonds. The van der Waals surface area contributed by atoms with Crippen molar-refractivity contribution in [2.24, 2.45) is 0 Å². The molecule has 1 aromatic carbocycles. The first-order valence-electron chi connectivity index (χ1n) is 6.54. The summed E-state index contributed by atoms with van der Waals surface area (Å²) >= 11 is 3.46. The lowest BCUT2D eigenvalue weighted by Gasteiger charge is -2.10. The van der Waals surface area contributed by atoms with E-state index in [-0.39, 0.29) is 0 Å². The molecular formula is C15H18BrN3O. The lowest BCUT2D eigenvalue weighted by Crippen LogP contribution is -2.03. The number of anilines is 3. The number of benzene rings is 1. The highest BCUT2D eigenvalue weighted by molar-refractivity contribution is 9.10. The Labute approximate surface area is 127 Å². The van der Waals surface area contributed by atoms with Crippen LogP contribution in [0.1, 0.15) is 13.3 Å². The third-order valence-electron chi connectivity index (χ3n) is 2.68. The molecule has 0 aliphatic heterocycles. The summed E-state index contributed by atoms with van der Waals surface area (Å²) in [5, 5.41) is 6.54.